The number of nitrogens with zero attached hydrogens (tertiary/aromatic N) is 1. The van der Waals surface area contributed by atoms with E-state index in [1.807, 2.05) is 18.2 Å². The molecule has 0 aliphatic carbocycles. The smallest absolute Gasteiger partial charge is 0.337 e. The average Bonchev–Trinajstić information content (AvgIpc) is 3.20. The van der Waals surface area contributed by atoms with Gasteiger partial charge in [-0.3, -0.25) is 4.90 Å². The van der Waals surface area contributed by atoms with E-state index in [0.29, 0.717) is 24.9 Å². The normalized spacial score (nSPS) is 18.7. The number of hydrogen-bond acceptors (Lipinski definition) is 6. The van der Waals surface area contributed by atoms with E-state index in [2.05, 4.69) is 17.0 Å². The molecule has 0 saturated carbocycles. The van der Waals surface area contributed by atoms with Gasteiger partial charge in [0.05, 0.1) is 19.3 Å². The molecule has 2 aliphatic heterocycles. The van der Waals surface area contributed by atoms with Gasteiger partial charge in [-0.25, -0.2) is 4.79 Å². The molecule has 2 heterocycles. The zero-order chi connectivity index (χ0) is 19.3. The molecule has 0 aromatic heterocycles. The molecule has 0 amide bonds. The van der Waals surface area contributed by atoms with Gasteiger partial charge < -0.3 is 18.9 Å². The molecule has 6 nitrogen and oxygen atoms in total. The average molecular weight is 383 g/mol. The van der Waals surface area contributed by atoms with Crippen molar-refractivity contribution in [3.8, 4) is 17.2 Å². The number of esters is 1. The lowest BCUT2D eigenvalue weighted by molar-refractivity contribution is 0.0600. The molecule has 0 N–H and O–H groups in total. The van der Waals surface area contributed by atoms with Crippen molar-refractivity contribution < 1.29 is 23.7 Å². The lowest BCUT2D eigenvalue weighted by Crippen LogP contribution is -2.37. The van der Waals surface area contributed by atoms with Crippen LogP contribution in [0.3, 0.4) is 0 Å². The molecule has 6 heteroatoms. The Labute approximate surface area is 165 Å². The van der Waals surface area contributed by atoms with Gasteiger partial charge in [0, 0.05) is 19.0 Å². The van der Waals surface area contributed by atoms with Crippen LogP contribution in [-0.2, 0) is 11.3 Å². The molecule has 1 unspecified atom stereocenters. The van der Waals surface area contributed by atoms with Gasteiger partial charge in [0.2, 0.25) is 6.79 Å². The number of benzene rings is 2. The third-order valence-corrected chi connectivity index (χ3v) is 5.21. The Kier molecular flexibility index (Phi) is 5.67. The third-order valence-electron chi connectivity index (χ3n) is 5.21. The van der Waals surface area contributed by atoms with Crippen LogP contribution in [0.5, 0.6) is 17.2 Å². The van der Waals surface area contributed by atoms with Crippen LogP contribution in [0.1, 0.15) is 28.8 Å². The fourth-order valence-corrected chi connectivity index (χ4v) is 3.75. The second-order valence-electron chi connectivity index (χ2n) is 7.26. The van der Waals surface area contributed by atoms with Crippen molar-refractivity contribution in [1.82, 2.24) is 4.90 Å². The van der Waals surface area contributed by atoms with Crippen molar-refractivity contribution in [3.05, 3.63) is 53.6 Å². The monoisotopic (exact) mass is 383 g/mol. The summed E-state index contributed by atoms with van der Waals surface area (Å²) in [6, 6.07) is 13.3. The van der Waals surface area contributed by atoms with E-state index in [9.17, 15) is 4.79 Å². The Hall–Kier alpha value is -2.73. The maximum atomic E-state index is 11.5. The Balaban J connectivity index is 1.28. The first-order chi connectivity index (χ1) is 13.7. The molecule has 1 atom stereocenters. The number of hydrogen-bond donors (Lipinski definition) is 0. The fourth-order valence-electron chi connectivity index (χ4n) is 3.75. The molecular weight excluding hydrogens is 358 g/mol. The van der Waals surface area contributed by atoms with E-state index in [1.165, 1.54) is 19.1 Å². The lowest BCUT2D eigenvalue weighted by atomic mass is 9.98. The van der Waals surface area contributed by atoms with Crippen molar-refractivity contribution in [1.29, 1.82) is 0 Å². The summed E-state index contributed by atoms with van der Waals surface area (Å²) >= 11 is 0. The van der Waals surface area contributed by atoms with Crippen molar-refractivity contribution >= 4 is 5.97 Å². The SMILES string of the molecule is COC(=O)c1ccc(OCC2CCCN(Cc3ccc4c(c3)OCO4)C2)cc1. The predicted molar refractivity (Wildman–Crippen MR) is 104 cm³/mol. The number of methoxy groups -OCH3 is 1. The number of fused-ring (bicyclic) bond motifs is 1. The highest BCUT2D eigenvalue weighted by Gasteiger charge is 2.22. The summed E-state index contributed by atoms with van der Waals surface area (Å²) in [5.41, 5.74) is 1.77. The molecule has 1 fully saturated rings. The van der Waals surface area contributed by atoms with E-state index >= 15 is 0 Å². The van der Waals surface area contributed by atoms with Gasteiger partial charge in [0.1, 0.15) is 5.75 Å². The van der Waals surface area contributed by atoms with Gasteiger partial charge in [-0.2, -0.15) is 0 Å². The molecule has 2 aromatic carbocycles. The summed E-state index contributed by atoms with van der Waals surface area (Å²) in [7, 11) is 1.38. The first kappa shape index (κ1) is 18.6. The first-order valence-corrected chi connectivity index (χ1v) is 9.63. The standard InChI is InChI=1S/C22H25NO5/c1-25-22(24)18-5-7-19(8-6-18)26-14-17-3-2-10-23(13-17)12-16-4-9-20-21(11-16)28-15-27-20/h4-9,11,17H,2-3,10,12-15H2,1H3. The predicted octanol–water partition coefficient (Wildman–Crippen LogP) is 3.49. The highest BCUT2D eigenvalue weighted by atomic mass is 16.7. The summed E-state index contributed by atoms with van der Waals surface area (Å²) < 4.78 is 21.5. The number of carbonyl (C=O) groups excluding carboxylic acids is 1. The Bertz CT molecular complexity index is 820. The third kappa shape index (κ3) is 4.39. The number of ether oxygens (including phenoxy) is 4. The number of piperidine rings is 1. The molecule has 148 valence electrons. The minimum absolute atomic E-state index is 0.308. The van der Waals surface area contributed by atoms with E-state index in [4.69, 9.17) is 18.9 Å². The summed E-state index contributed by atoms with van der Waals surface area (Å²) in [6.45, 7) is 3.99. The molecule has 4 rings (SSSR count). The topological polar surface area (TPSA) is 57.2 Å². The Morgan fingerprint density at radius 3 is 2.79 bits per heavy atom. The van der Waals surface area contributed by atoms with Gasteiger partial charge in [0.25, 0.3) is 0 Å². The Morgan fingerprint density at radius 1 is 1.14 bits per heavy atom. The molecular formula is C22H25NO5. The second-order valence-corrected chi connectivity index (χ2v) is 7.26. The fraction of sp³-hybridized carbons (Fsp3) is 0.409. The van der Waals surface area contributed by atoms with E-state index in [0.717, 1.165) is 43.3 Å². The van der Waals surface area contributed by atoms with Crippen LogP contribution in [0.4, 0.5) is 0 Å². The summed E-state index contributed by atoms with van der Waals surface area (Å²) in [5, 5.41) is 0. The molecule has 0 spiro atoms. The van der Waals surface area contributed by atoms with Crippen molar-refractivity contribution in [2.75, 3.05) is 33.6 Å². The number of rotatable bonds is 6. The quantitative estimate of drug-likeness (QED) is 0.712. The highest BCUT2D eigenvalue weighted by Crippen LogP contribution is 2.33. The molecule has 2 aliphatic rings. The number of likely N-dealkylation sites (tertiary alicyclic amines) is 1. The zero-order valence-electron chi connectivity index (χ0n) is 16.1. The maximum Gasteiger partial charge on any atom is 0.337 e. The highest BCUT2D eigenvalue weighted by molar-refractivity contribution is 5.89. The lowest BCUT2D eigenvalue weighted by Gasteiger charge is -2.32. The molecule has 0 bridgehead atoms. The minimum atomic E-state index is -0.335. The van der Waals surface area contributed by atoms with E-state index in [-0.39, 0.29) is 5.97 Å². The van der Waals surface area contributed by atoms with Crippen molar-refractivity contribution in [2.24, 2.45) is 5.92 Å². The van der Waals surface area contributed by atoms with Gasteiger partial charge in [-0.15, -0.1) is 0 Å². The van der Waals surface area contributed by atoms with Crippen LogP contribution in [0.15, 0.2) is 42.5 Å². The molecule has 1 saturated heterocycles. The molecule has 28 heavy (non-hydrogen) atoms. The zero-order valence-corrected chi connectivity index (χ0v) is 16.1. The van der Waals surface area contributed by atoms with E-state index < -0.39 is 0 Å². The van der Waals surface area contributed by atoms with Crippen LogP contribution in [0.2, 0.25) is 0 Å². The van der Waals surface area contributed by atoms with Crippen LogP contribution in [0.25, 0.3) is 0 Å². The maximum absolute atomic E-state index is 11.5. The summed E-state index contributed by atoms with van der Waals surface area (Å²) in [6.07, 6.45) is 2.33. The van der Waals surface area contributed by atoms with Gasteiger partial charge in [0.15, 0.2) is 11.5 Å². The van der Waals surface area contributed by atoms with E-state index in [1.54, 1.807) is 12.1 Å². The van der Waals surface area contributed by atoms with Gasteiger partial charge >= 0.3 is 5.97 Å². The Morgan fingerprint density at radius 2 is 1.96 bits per heavy atom. The minimum Gasteiger partial charge on any atom is -0.493 e. The largest absolute Gasteiger partial charge is 0.493 e. The van der Waals surface area contributed by atoms with Gasteiger partial charge in [-0.1, -0.05) is 6.07 Å². The number of carbonyl (C=O) groups is 1. The van der Waals surface area contributed by atoms with Crippen LogP contribution in [0, 0.1) is 5.92 Å². The second kappa shape index (κ2) is 8.52. The van der Waals surface area contributed by atoms with Crippen LogP contribution in [-0.4, -0.2) is 44.5 Å². The summed E-state index contributed by atoms with van der Waals surface area (Å²) in [4.78, 5) is 14.0. The first-order valence-electron chi connectivity index (χ1n) is 9.63. The van der Waals surface area contributed by atoms with Crippen molar-refractivity contribution in [2.45, 2.75) is 19.4 Å². The molecule has 0 radical (unpaired) electrons. The van der Waals surface area contributed by atoms with Crippen LogP contribution < -0.4 is 14.2 Å². The van der Waals surface area contributed by atoms with Gasteiger partial charge in [-0.05, 0) is 61.3 Å². The molecule has 2 aromatic rings. The summed E-state index contributed by atoms with van der Waals surface area (Å²) in [5.74, 6) is 2.60. The van der Waals surface area contributed by atoms with Crippen LogP contribution >= 0.6 is 0 Å². The van der Waals surface area contributed by atoms with Crippen molar-refractivity contribution in [3.63, 3.8) is 0 Å².